The number of benzene rings is 1. The number of rotatable bonds is 4. The Labute approximate surface area is 148 Å². The summed E-state index contributed by atoms with van der Waals surface area (Å²) in [5.41, 5.74) is 0.150. The summed E-state index contributed by atoms with van der Waals surface area (Å²) < 4.78 is 13.7. The Bertz CT molecular complexity index is 564. The zero-order valence-electron chi connectivity index (χ0n) is 13.8. The van der Waals surface area contributed by atoms with Crippen LogP contribution >= 0.6 is 12.4 Å². The molecule has 24 heavy (non-hydrogen) atoms. The van der Waals surface area contributed by atoms with E-state index < -0.39 is 11.5 Å². The molecule has 3 N–H and O–H groups in total. The molecular formula is C18H26ClFN2O2. The van der Waals surface area contributed by atoms with Gasteiger partial charge < -0.3 is 15.7 Å². The fraction of sp³-hybridized carbons (Fsp3) is 0.611. The fourth-order valence-corrected chi connectivity index (χ4v) is 3.91. The minimum Gasteiger partial charge on any atom is -0.391 e. The Morgan fingerprint density at radius 1 is 1.29 bits per heavy atom. The second-order valence-corrected chi connectivity index (χ2v) is 6.85. The van der Waals surface area contributed by atoms with Crippen molar-refractivity contribution >= 4 is 18.3 Å². The van der Waals surface area contributed by atoms with Gasteiger partial charge in [0.1, 0.15) is 5.82 Å². The second kappa shape index (κ2) is 8.28. The normalized spacial score (nSPS) is 25.8. The van der Waals surface area contributed by atoms with E-state index in [0.717, 1.165) is 37.7 Å². The van der Waals surface area contributed by atoms with Crippen LogP contribution in [0.1, 0.15) is 37.7 Å². The standard InChI is InChI=1S/C18H25FN2O2.ClH/c19-15-6-4-5-14(9-15)18(7-2-1-3-8-18)17(23)21-11-13-10-20-12-16(13)22;/h4-6,9,13,16,20,22H,1-3,7-8,10-12H2,(H,21,23);1H. The van der Waals surface area contributed by atoms with Gasteiger partial charge in [0.25, 0.3) is 0 Å². The van der Waals surface area contributed by atoms with Crippen LogP contribution < -0.4 is 10.6 Å². The Kier molecular flexibility index (Phi) is 6.61. The first-order chi connectivity index (χ1) is 11.1. The number of hydrogen-bond acceptors (Lipinski definition) is 3. The molecular weight excluding hydrogens is 331 g/mol. The van der Waals surface area contributed by atoms with Crippen LogP contribution in [0.2, 0.25) is 0 Å². The fourth-order valence-electron chi connectivity index (χ4n) is 3.91. The molecule has 1 saturated carbocycles. The molecule has 0 radical (unpaired) electrons. The number of carbonyl (C=O) groups is 1. The average molecular weight is 357 g/mol. The van der Waals surface area contributed by atoms with Gasteiger partial charge in [0.05, 0.1) is 11.5 Å². The maximum absolute atomic E-state index is 13.7. The molecule has 2 unspecified atom stereocenters. The number of β-amino-alcohol motifs (C(OH)–C–C–N with tert-alkyl or cyclic N) is 1. The Morgan fingerprint density at radius 3 is 2.67 bits per heavy atom. The van der Waals surface area contributed by atoms with E-state index in [1.807, 2.05) is 6.07 Å². The molecule has 0 aromatic heterocycles. The van der Waals surface area contributed by atoms with Crippen molar-refractivity contribution in [3.05, 3.63) is 35.6 Å². The minimum atomic E-state index is -0.628. The molecule has 1 saturated heterocycles. The molecule has 1 aliphatic carbocycles. The van der Waals surface area contributed by atoms with Crippen LogP contribution in [0.3, 0.4) is 0 Å². The number of amides is 1. The third-order valence-corrected chi connectivity index (χ3v) is 5.35. The van der Waals surface area contributed by atoms with Crippen LogP contribution in [0.15, 0.2) is 24.3 Å². The van der Waals surface area contributed by atoms with Gasteiger partial charge in [0.15, 0.2) is 0 Å². The highest BCUT2D eigenvalue weighted by molar-refractivity contribution is 5.88. The van der Waals surface area contributed by atoms with E-state index in [4.69, 9.17) is 0 Å². The van der Waals surface area contributed by atoms with Crippen molar-refractivity contribution in [1.82, 2.24) is 10.6 Å². The molecule has 134 valence electrons. The summed E-state index contributed by atoms with van der Waals surface area (Å²) >= 11 is 0. The summed E-state index contributed by atoms with van der Waals surface area (Å²) in [6, 6.07) is 6.45. The van der Waals surface area contributed by atoms with Crippen LogP contribution in [-0.4, -0.2) is 36.8 Å². The third kappa shape index (κ3) is 3.90. The number of halogens is 2. The van der Waals surface area contributed by atoms with Crippen LogP contribution in [0.5, 0.6) is 0 Å². The van der Waals surface area contributed by atoms with Crippen LogP contribution in [0.4, 0.5) is 4.39 Å². The maximum Gasteiger partial charge on any atom is 0.230 e. The van der Waals surface area contributed by atoms with Gasteiger partial charge in [-0.1, -0.05) is 31.4 Å². The van der Waals surface area contributed by atoms with E-state index in [1.54, 1.807) is 6.07 Å². The highest BCUT2D eigenvalue weighted by Crippen LogP contribution is 2.40. The van der Waals surface area contributed by atoms with E-state index in [9.17, 15) is 14.3 Å². The monoisotopic (exact) mass is 356 g/mol. The third-order valence-electron chi connectivity index (χ3n) is 5.35. The summed E-state index contributed by atoms with van der Waals surface area (Å²) in [4.78, 5) is 13.0. The molecule has 6 heteroatoms. The molecule has 2 atom stereocenters. The van der Waals surface area contributed by atoms with Crippen LogP contribution in [-0.2, 0) is 10.2 Å². The lowest BCUT2D eigenvalue weighted by atomic mass is 9.68. The molecule has 2 aliphatic rings. The van der Waals surface area contributed by atoms with Crippen molar-refractivity contribution in [3.63, 3.8) is 0 Å². The first-order valence-corrected chi connectivity index (χ1v) is 8.55. The molecule has 0 spiro atoms. The van der Waals surface area contributed by atoms with E-state index in [2.05, 4.69) is 10.6 Å². The van der Waals surface area contributed by atoms with Gasteiger partial charge in [0.2, 0.25) is 5.91 Å². The first-order valence-electron chi connectivity index (χ1n) is 8.55. The Hall–Kier alpha value is -1.17. The van der Waals surface area contributed by atoms with Gasteiger partial charge in [-0.05, 0) is 30.5 Å². The van der Waals surface area contributed by atoms with E-state index >= 15 is 0 Å². The Balaban J connectivity index is 0.00000208. The van der Waals surface area contributed by atoms with Crippen molar-refractivity contribution in [2.75, 3.05) is 19.6 Å². The van der Waals surface area contributed by atoms with Gasteiger partial charge in [-0.2, -0.15) is 0 Å². The summed E-state index contributed by atoms with van der Waals surface area (Å²) in [6.07, 6.45) is 4.19. The number of nitrogens with one attached hydrogen (secondary N) is 2. The molecule has 1 aromatic carbocycles. The molecule has 4 nitrogen and oxygen atoms in total. The highest BCUT2D eigenvalue weighted by atomic mass is 35.5. The van der Waals surface area contributed by atoms with Crippen LogP contribution in [0.25, 0.3) is 0 Å². The lowest BCUT2D eigenvalue weighted by Gasteiger charge is -2.36. The van der Waals surface area contributed by atoms with E-state index in [0.29, 0.717) is 19.6 Å². The van der Waals surface area contributed by atoms with E-state index in [1.165, 1.54) is 12.1 Å². The Morgan fingerprint density at radius 2 is 2.04 bits per heavy atom. The smallest absolute Gasteiger partial charge is 0.230 e. The van der Waals surface area contributed by atoms with Crippen molar-refractivity contribution in [1.29, 1.82) is 0 Å². The average Bonchev–Trinajstić information content (AvgIpc) is 2.98. The van der Waals surface area contributed by atoms with Crippen molar-refractivity contribution < 1.29 is 14.3 Å². The molecule has 1 amide bonds. The molecule has 1 heterocycles. The van der Waals surface area contributed by atoms with Crippen LogP contribution in [0, 0.1) is 11.7 Å². The second-order valence-electron chi connectivity index (χ2n) is 6.85. The highest BCUT2D eigenvalue weighted by Gasteiger charge is 2.41. The summed E-state index contributed by atoms with van der Waals surface area (Å²) in [5.74, 6) is -0.273. The number of aliphatic hydroxyl groups excluding tert-OH is 1. The largest absolute Gasteiger partial charge is 0.391 e. The summed E-state index contributed by atoms with van der Waals surface area (Å²) in [6.45, 7) is 1.76. The van der Waals surface area contributed by atoms with Gasteiger partial charge in [-0.25, -0.2) is 4.39 Å². The number of aliphatic hydroxyl groups is 1. The number of hydrogen-bond donors (Lipinski definition) is 3. The molecule has 1 aliphatic heterocycles. The summed E-state index contributed by atoms with van der Waals surface area (Å²) in [5, 5.41) is 16.0. The predicted octanol–water partition coefficient (Wildman–Crippen LogP) is 2.15. The van der Waals surface area contributed by atoms with Crippen molar-refractivity contribution in [2.45, 2.75) is 43.6 Å². The predicted molar refractivity (Wildman–Crippen MR) is 93.8 cm³/mol. The first kappa shape index (κ1) is 19.2. The van der Waals surface area contributed by atoms with Gasteiger partial charge >= 0.3 is 0 Å². The maximum atomic E-state index is 13.7. The molecule has 2 fully saturated rings. The zero-order chi connectivity index (χ0) is 16.3. The quantitative estimate of drug-likeness (QED) is 0.774. The topological polar surface area (TPSA) is 61.4 Å². The molecule has 1 aromatic rings. The lowest BCUT2D eigenvalue weighted by Crippen LogP contribution is -2.48. The van der Waals surface area contributed by atoms with Gasteiger partial charge in [-0.3, -0.25) is 4.79 Å². The van der Waals surface area contributed by atoms with E-state index in [-0.39, 0.29) is 30.0 Å². The SMILES string of the molecule is Cl.O=C(NCC1CNCC1O)C1(c2cccc(F)c2)CCCCC1. The zero-order valence-corrected chi connectivity index (χ0v) is 14.6. The van der Waals surface area contributed by atoms with Crippen molar-refractivity contribution in [2.24, 2.45) is 5.92 Å². The lowest BCUT2D eigenvalue weighted by molar-refractivity contribution is -0.128. The molecule has 0 bridgehead atoms. The van der Waals surface area contributed by atoms with Gasteiger partial charge in [0, 0.05) is 25.6 Å². The van der Waals surface area contributed by atoms with Gasteiger partial charge in [-0.15, -0.1) is 12.4 Å². The number of carbonyl (C=O) groups excluding carboxylic acids is 1. The minimum absolute atomic E-state index is 0. The molecule has 3 rings (SSSR count). The summed E-state index contributed by atoms with van der Waals surface area (Å²) in [7, 11) is 0. The van der Waals surface area contributed by atoms with Crippen molar-refractivity contribution in [3.8, 4) is 0 Å².